The Hall–Kier alpha value is -0.870. The summed E-state index contributed by atoms with van der Waals surface area (Å²) in [5.74, 6) is -0.419. The molecule has 0 unspecified atom stereocenters. The second kappa shape index (κ2) is 5.88. The zero-order chi connectivity index (χ0) is 11.3. The van der Waals surface area contributed by atoms with Crippen molar-refractivity contribution in [1.82, 2.24) is 4.98 Å². The molecule has 0 aliphatic rings. The Kier molecular flexibility index (Phi) is 4.78. The van der Waals surface area contributed by atoms with Crippen LogP contribution in [0.4, 0.5) is 0 Å². The molecule has 1 heterocycles. The summed E-state index contributed by atoms with van der Waals surface area (Å²) in [6.45, 7) is 2.08. The van der Waals surface area contributed by atoms with Gasteiger partial charge in [-0.2, -0.15) is 0 Å². The fraction of sp³-hybridized carbons (Fsp3) is 0.200. The van der Waals surface area contributed by atoms with E-state index in [1.165, 1.54) is 0 Å². The van der Waals surface area contributed by atoms with E-state index in [0.29, 0.717) is 21.8 Å². The van der Waals surface area contributed by atoms with Crippen molar-refractivity contribution < 1.29 is 9.53 Å². The lowest BCUT2D eigenvalue weighted by molar-refractivity contribution is -0.137. The standard InChI is InChI=1S/C10H9BrClNO2/c1-2-15-10(14)8(11)6-7-4-3-5-13-9(7)12/h3-6H,2H2,1H3/b8-6-. The van der Waals surface area contributed by atoms with Crippen molar-refractivity contribution in [3.8, 4) is 0 Å². The fourth-order valence-electron chi connectivity index (χ4n) is 0.902. The van der Waals surface area contributed by atoms with Crippen molar-refractivity contribution in [3.05, 3.63) is 33.5 Å². The van der Waals surface area contributed by atoms with E-state index in [-0.39, 0.29) is 0 Å². The van der Waals surface area contributed by atoms with Gasteiger partial charge >= 0.3 is 5.97 Å². The number of ether oxygens (including phenoxy) is 1. The second-order valence-electron chi connectivity index (χ2n) is 2.60. The monoisotopic (exact) mass is 289 g/mol. The molecule has 0 aliphatic carbocycles. The molecule has 5 heteroatoms. The van der Waals surface area contributed by atoms with Gasteiger partial charge in [0.1, 0.15) is 9.64 Å². The van der Waals surface area contributed by atoms with E-state index in [4.69, 9.17) is 16.3 Å². The van der Waals surface area contributed by atoms with Crippen LogP contribution in [0.1, 0.15) is 12.5 Å². The van der Waals surface area contributed by atoms with Crippen molar-refractivity contribution in [1.29, 1.82) is 0 Å². The molecule has 1 aromatic rings. The van der Waals surface area contributed by atoms with Crippen LogP contribution in [0.25, 0.3) is 6.08 Å². The van der Waals surface area contributed by atoms with E-state index in [9.17, 15) is 4.79 Å². The average Bonchev–Trinajstić information content (AvgIpc) is 2.21. The Morgan fingerprint density at radius 3 is 3.07 bits per heavy atom. The third kappa shape index (κ3) is 3.64. The molecular formula is C10H9BrClNO2. The molecular weight excluding hydrogens is 281 g/mol. The highest BCUT2D eigenvalue weighted by Crippen LogP contribution is 2.18. The lowest BCUT2D eigenvalue weighted by Crippen LogP contribution is -2.03. The molecule has 15 heavy (non-hydrogen) atoms. The summed E-state index contributed by atoms with van der Waals surface area (Å²) in [4.78, 5) is 15.1. The van der Waals surface area contributed by atoms with Crippen molar-refractivity contribution >= 4 is 39.6 Å². The summed E-state index contributed by atoms with van der Waals surface area (Å²) >= 11 is 8.94. The molecule has 80 valence electrons. The molecule has 3 nitrogen and oxygen atoms in total. The number of carbonyl (C=O) groups excluding carboxylic acids is 1. The Balaban J connectivity index is 2.88. The Morgan fingerprint density at radius 2 is 2.47 bits per heavy atom. The summed E-state index contributed by atoms with van der Waals surface area (Å²) < 4.78 is 5.12. The van der Waals surface area contributed by atoms with Crippen LogP contribution in [0.15, 0.2) is 22.8 Å². The van der Waals surface area contributed by atoms with Crippen LogP contribution >= 0.6 is 27.5 Å². The number of hydrogen-bond donors (Lipinski definition) is 0. The molecule has 0 fully saturated rings. The van der Waals surface area contributed by atoms with Crippen LogP contribution in [-0.4, -0.2) is 17.6 Å². The topological polar surface area (TPSA) is 39.2 Å². The highest BCUT2D eigenvalue weighted by molar-refractivity contribution is 9.12. The van der Waals surface area contributed by atoms with Crippen molar-refractivity contribution in [2.75, 3.05) is 6.61 Å². The second-order valence-corrected chi connectivity index (χ2v) is 3.81. The molecule has 0 atom stereocenters. The van der Waals surface area contributed by atoms with Crippen LogP contribution in [-0.2, 0) is 9.53 Å². The summed E-state index contributed by atoms with van der Waals surface area (Å²) in [6, 6.07) is 3.50. The van der Waals surface area contributed by atoms with Crippen molar-refractivity contribution in [2.45, 2.75) is 6.92 Å². The zero-order valence-corrected chi connectivity index (χ0v) is 10.4. The first-order chi connectivity index (χ1) is 7.15. The van der Waals surface area contributed by atoms with Crippen LogP contribution in [0.5, 0.6) is 0 Å². The Bertz CT molecular complexity index is 393. The van der Waals surface area contributed by atoms with Crippen molar-refractivity contribution in [2.24, 2.45) is 0 Å². The first kappa shape index (κ1) is 12.2. The number of rotatable bonds is 3. The van der Waals surface area contributed by atoms with Crippen LogP contribution < -0.4 is 0 Å². The Labute approximate surface area is 101 Å². The molecule has 0 bridgehead atoms. The van der Waals surface area contributed by atoms with Crippen LogP contribution in [0.2, 0.25) is 5.15 Å². The van der Waals surface area contributed by atoms with Gasteiger partial charge in [-0.25, -0.2) is 9.78 Å². The molecule has 0 spiro atoms. The first-order valence-electron chi connectivity index (χ1n) is 4.30. The zero-order valence-electron chi connectivity index (χ0n) is 8.04. The predicted octanol–water partition coefficient (Wildman–Crippen LogP) is 3.03. The number of pyridine rings is 1. The van der Waals surface area contributed by atoms with Gasteiger partial charge in [0.15, 0.2) is 0 Å². The number of carbonyl (C=O) groups is 1. The van der Waals surface area contributed by atoms with Gasteiger partial charge in [-0.3, -0.25) is 0 Å². The highest BCUT2D eigenvalue weighted by atomic mass is 79.9. The highest BCUT2D eigenvalue weighted by Gasteiger charge is 2.07. The maximum atomic E-state index is 11.3. The number of esters is 1. The van der Waals surface area contributed by atoms with E-state index in [0.717, 1.165) is 0 Å². The van der Waals surface area contributed by atoms with Crippen LogP contribution in [0, 0.1) is 0 Å². The minimum absolute atomic E-state index is 0.319. The molecule has 0 aromatic carbocycles. The van der Waals surface area contributed by atoms with Gasteiger partial charge in [0, 0.05) is 11.8 Å². The molecule has 0 saturated heterocycles. The van der Waals surface area contributed by atoms with Gasteiger partial charge in [0.2, 0.25) is 0 Å². The third-order valence-corrected chi connectivity index (χ3v) is 2.41. The number of aromatic nitrogens is 1. The maximum Gasteiger partial charge on any atom is 0.345 e. The molecule has 0 amide bonds. The van der Waals surface area contributed by atoms with E-state index in [2.05, 4.69) is 20.9 Å². The van der Waals surface area contributed by atoms with Gasteiger partial charge in [-0.15, -0.1) is 0 Å². The molecule has 0 aliphatic heterocycles. The Morgan fingerprint density at radius 1 is 1.73 bits per heavy atom. The largest absolute Gasteiger partial charge is 0.462 e. The average molecular weight is 291 g/mol. The van der Waals surface area contributed by atoms with Gasteiger partial charge in [0.05, 0.1) is 6.61 Å². The van der Waals surface area contributed by atoms with E-state index in [1.54, 1.807) is 31.3 Å². The number of nitrogens with zero attached hydrogens (tertiary/aromatic N) is 1. The molecule has 1 rings (SSSR count). The number of hydrogen-bond acceptors (Lipinski definition) is 3. The van der Waals surface area contributed by atoms with Gasteiger partial charge < -0.3 is 4.74 Å². The van der Waals surface area contributed by atoms with Crippen molar-refractivity contribution in [3.63, 3.8) is 0 Å². The molecule has 0 N–H and O–H groups in total. The SMILES string of the molecule is CCOC(=O)/C(Br)=C/c1cccnc1Cl. The van der Waals surface area contributed by atoms with Gasteiger partial charge in [-0.05, 0) is 35.0 Å². The smallest absolute Gasteiger partial charge is 0.345 e. The molecule has 0 saturated carbocycles. The minimum atomic E-state index is -0.419. The van der Waals surface area contributed by atoms with Gasteiger partial charge in [-0.1, -0.05) is 17.7 Å². The normalized spacial score (nSPS) is 11.3. The lowest BCUT2D eigenvalue weighted by Gasteiger charge is -2.00. The first-order valence-corrected chi connectivity index (χ1v) is 5.47. The predicted molar refractivity (Wildman–Crippen MR) is 62.8 cm³/mol. The quantitative estimate of drug-likeness (QED) is 0.488. The summed E-state index contributed by atoms with van der Waals surface area (Å²) in [5.41, 5.74) is 0.666. The van der Waals surface area contributed by atoms with E-state index < -0.39 is 5.97 Å². The minimum Gasteiger partial charge on any atom is -0.462 e. The summed E-state index contributed by atoms with van der Waals surface area (Å²) in [6.07, 6.45) is 3.16. The van der Waals surface area contributed by atoms with E-state index in [1.807, 2.05) is 0 Å². The van der Waals surface area contributed by atoms with Gasteiger partial charge in [0.25, 0.3) is 0 Å². The van der Waals surface area contributed by atoms with Crippen LogP contribution in [0.3, 0.4) is 0 Å². The summed E-state index contributed by atoms with van der Waals surface area (Å²) in [5, 5.41) is 0.346. The lowest BCUT2D eigenvalue weighted by atomic mass is 10.2. The summed E-state index contributed by atoms with van der Waals surface area (Å²) in [7, 11) is 0. The van der Waals surface area contributed by atoms with E-state index >= 15 is 0 Å². The maximum absolute atomic E-state index is 11.3. The number of halogens is 2. The fourth-order valence-corrected chi connectivity index (χ4v) is 1.44. The third-order valence-electron chi connectivity index (χ3n) is 1.54. The molecule has 1 aromatic heterocycles. The molecule has 0 radical (unpaired) electrons.